The van der Waals surface area contributed by atoms with E-state index in [2.05, 4.69) is 5.32 Å². The molecule has 0 fully saturated rings. The standard InChI is InChI=1S/C14H21N3O2/c1-9(2)12(15)13(18)16-11-8-6-5-7-10(11)14(19)17(3)4/h5-9,12H,15H2,1-4H3,(H,16,18)/t12-/m0/s1. The lowest BCUT2D eigenvalue weighted by Gasteiger charge is -2.18. The van der Waals surface area contributed by atoms with Crippen molar-refractivity contribution >= 4 is 17.5 Å². The molecule has 0 spiro atoms. The zero-order chi connectivity index (χ0) is 14.6. The van der Waals surface area contributed by atoms with Crippen molar-refractivity contribution in [3.8, 4) is 0 Å². The summed E-state index contributed by atoms with van der Waals surface area (Å²) in [5, 5.41) is 2.72. The summed E-state index contributed by atoms with van der Waals surface area (Å²) in [5.74, 6) is -0.403. The van der Waals surface area contributed by atoms with E-state index in [4.69, 9.17) is 5.73 Å². The lowest BCUT2D eigenvalue weighted by atomic mass is 10.0. The first-order chi connectivity index (χ1) is 8.84. The van der Waals surface area contributed by atoms with Crippen molar-refractivity contribution in [2.24, 2.45) is 11.7 Å². The van der Waals surface area contributed by atoms with Crippen LogP contribution in [0.5, 0.6) is 0 Å². The van der Waals surface area contributed by atoms with Gasteiger partial charge in [0.2, 0.25) is 5.91 Å². The van der Waals surface area contributed by atoms with Gasteiger partial charge in [0, 0.05) is 14.1 Å². The molecule has 0 heterocycles. The molecule has 104 valence electrons. The number of anilines is 1. The highest BCUT2D eigenvalue weighted by atomic mass is 16.2. The number of carbonyl (C=O) groups is 2. The second-order valence-electron chi connectivity index (χ2n) is 5.00. The number of hydrogen-bond acceptors (Lipinski definition) is 3. The molecular formula is C14H21N3O2. The molecule has 19 heavy (non-hydrogen) atoms. The lowest BCUT2D eigenvalue weighted by molar-refractivity contribution is -0.118. The molecule has 1 aromatic rings. The molecule has 0 bridgehead atoms. The third-order valence-corrected chi connectivity index (χ3v) is 2.84. The molecule has 3 N–H and O–H groups in total. The van der Waals surface area contributed by atoms with Crippen LogP contribution in [0.3, 0.4) is 0 Å². The first-order valence-corrected chi connectivity index (χ1v) is 6.21. The van der Waals surface area contributed by atoms with Crippen LogP contribution in [-0.4, -0.2) is 36.9 Å². The van der Waals surface area contributed by atoms with Crippen molar-refractivity contribution in [2.75, 3.05) is 19.4 Å². The Bertz CT molecular complexity index is 470. The Morgan fingerprint density at radius 3 is 2.32 bits per heavy atom. The number of benzene rings is 1. The predicted octanol–water partition coefficient (Wildman–Crippen LogP) is 1.31. The monoisotopic (exact) mass is 263 g/mol. The van der Waals surface area contributed by atoms with Gasteiger partial charge in [0.1, 0.15) is 0 Å². The van der Waals surface area contributed by atoms with E-state index in [1.165, 1.54) is 4.90 Å². The zero-order valence-corrected chi connectivity index (χ0v) is 11.8. The van der Waals surface area contributed by atoms with Crippen molar-refractivity contribution in [1.29, 1.82) is 0 Å². The molecule has 0 aliphatic carbocycles. The molecule has 0 aromatic heterocycles. The van der Waals surface area contributed by atoms with E-state index >= 15 is 0 Å². The number of rotatable bonds is 4. The molecule has 0 unspecified atom stereocenters. The van der Waals surface area contributed by atoms with Gasteiger partial charge < -0.3 is 16.0 Å². The van der Waals surface area contributed by atoms with Crippen LogP contribution in [-0.2, 0) is 4.79 Å². The minimum absolute atomic E-state index is 0.0386. The highest BCUT2D eigenvalue weighted by Crippen LogP contribution is 2.17. The van der Waals surface area contributed by atoms with Gasteiger partial charge in [-0.1, -0.05) is 26.0 Å². The zero-order valence-electron chi connectivity index (χ0n) is 11.8. The maximum absolute atomic E-state index is 12.0. The van der Waals surface area contributed by atoms with E-state index in [0.29, 0.717) is 11.3 Å². The molecule has 1 atom stereocenters. The Balaban J connectivity index is 2.96. The van der Waals surface area contributed by atoms with E-state index in [-0.39, 0.29) is 17.7 Å². The van der Waals surface area contributed by atoms with Crippen LogP contribution >= 0.6 is 0 Å². The SMILES string of the molecule is CC(C)[C@H](N)C(=O)Nc1ccccc1C(=O)N(C)C. The highest BCUT2D eigenvalue weighted by Gasteiger charge is 2.20. The van der Waals surface area contributed by atoms with Crippen LogP contribution in [0, 0.1) is 5.92 Å². The summed E-state index contributed by atoms with van der Waals surface area (Å²) >= 11 is 0. The fraction of sp³-hybridized carbons (Fsp3) is 0.429. The third kappa shape index (κ3) is 3.79. The number of para-hydroxylation sites is 1. The van der Waals surface area contributed by atoms with E-state index in [9.17, 15) is 9.59 Å². The van der Waals surface area contributed by atoms with Crippen LogP contribution in [0.25, 0.3) is 0 Å². The fourth-order valence-corrected chi connectivity index (χ4v) is 1.54. The van der Waals surface area contributed by atoms with Crippen molar-refractivity contribution in [3.63, 3.8) is 0 Å². The number of nitrogens with zero attached hydrogens (tertiary/aromatic N) is 1. The number of hydrogen-bond donors (Lipinski definition) is 2. The van der Waals surface area contributed by atoms with E-state index in [1.807, 2.05) is 13.8 Å². The van der Waals surface area contributed by atoms with Crippen LogP contribution in [0.2, 0.25) is 0 Å². The first kappa shape index (κ1) is 15.2. The third-order valence-electron chi connectivity index (χ3n) is 2.84. The maximum atomic E-state index is 12.0. The van der Waals surface area contributed by atoms with Gasteiger partial charge in [0.15, 0.2) is 0 Å². The molecule has 5 heteroatoms. The second-order valence-corrected chi connectivity index (χ2v) is 5.00. The molecule has 0 radical (unpaired) electrons. The van der Waals surface area contributed by atoms with Crippen molar-refractivity contribution in [2.45, 2.75) is 19.9 Å². The van der Waals surface area contributed by atoms with E-state index in [1.54, 1.807) is 38.4 Å². The van der Waals surface area contributed by atoms with E-state index in [0.717, 1.165) is 0 Å². The Hall–Kier alpha value is -1.88. The molecule has 2 amide bonds. The summed E-state index contributed by atoms with van der Waals surface area (Å²) in [7, 11) is 3.33. The minimum Gasteiger partial charge on any atom is -0.345 e. The van der Waals surface area contributed by atoms with Crippen LogP contribution in [0.1, 0.15) is 24.2 Å². The van der Waals surface area contributed by atoms with Gasteiger partial charge in [-0.25, -0.2) is 0 Å². The summed E-state index contributed by atoms with van der Waals surface area (Å²) in [6.07, 6.45) is 0. The lowest BCUT2D eigenvalue weighted by Crippen LogP contribution is -2.40. The van der Waals surface area contributed by atoms with Gasteiger partial charge in [0.05, 0.1) is 17.3 Å². The Morgan fingerprint density at radius 1 is 1.21 bits per heavy atom. The molecular weight excluding hydrogens is 242 g/mol. The molecule has 0 aliphatic heterocycles. The smallest absolute Gasteiger partial charge is 0.255 e. The quantitative estimate of drug-likeness (QED) is 0.860. The Kier molecular flexibility index (Phi) is 5.06. The molecule has 0 saturated heterocycles. The summed E-state index contributed by atoms with van der Waals surface area (Å²) in [5.41, 5.74) is 6.73. The fourth-order valence-electron chi connectivity index (χ4n) is 1.54. The summed E-state index contributed by atoms with van der Waals surface area (Å²) in [6.45, 7) is 3.75. The van der Waals surface area contributed by atoms with Crippen LogP contribution in [0.4, 0.5) is 5.69 Å². The summed E-state index contributed by atoms with van der Waals surface area (Å²) in [4.78, 5) is 25.4. The van der Waals surface area contributed by atoms with Gasteiger partial charge in [-0.15, -0.1) is 0 Å². The molecule has 0 saturated carbocycles. The summed E-state index contributed by atoms with van der Waals surface area (Å²) < 4.78 is 0. The number of amides is 2. The van der Waals surface area contributed by atoms with Gasteiger partial charge >= 0.3 is 0 Å². The van der Waals surface area contributed by atoms with Crippen LogP contribution < -0.4 is 11.1 Å². The number of carbonyl (C=O) groups excluding carboxylic acids is 2. The summed E-state index contributed by atoms with van der Waals surface area (Å²) in [6, 6.07) is 6.31. The second kappa shape index (κ2) is 6.33. The van der Waals surface area contributed by atoms with E-state index < -0.39 is 6.04 Å². The van der Waals surface area contributed by atoms with Gasteiger partial charge in [-0.2, -0.15) is 0 Å². The molecule has 1 rings (SSSR count). The Labute approximate surface area is 113 Å². The van der Waals surface area contributed by atoms with Crippen LogP contribution in [0.15, 0.2) is 24.3 Å². The topological polar surface area (TPSA) is 75.4 Å². The Morgan fingerprint density at radius 2 is 1.79 bits per heavy atom. The molecule has 5 nitrogen and oxygen atoms in total. The first-order valence-electron chi connectivity index (χ1n) is 6.21. The molecule has 0 aliphatic rings. The average molecular weight is 263 g/mol. The van der Waals surface area contributed by atoms with Gasteiger partial charge in [-0.05, 0) is 18.1 Å². The number of nitrogens with two attached hydrogens (primary N) is 1. The van der Waals surface area contributed by atoms with Crippen molar-refractivity contribution in [1.82, 2.24) is 4.90 Å². The van der Waals surface area contributed by atoms with Gasteiger partial charge in [0.25, 0.3) is 5.91 Å². The maximum Gasteiger partial charge on any atom is 0.255 e. The van der Waals surface area contributed by atoms with Crippen molar-refractivity contribution in [3.05, 3.63) is 29.8 Å². The van der Waals surface area contributed by atoms with Crippen molar-refractivity contribution < 1.29 is 9.59 Å². The molecule has 1 aromatic carbocycles. The predicted molar refractivity (Wildman–Crippen MR) is 75.9 cm³/mol. The number of nitrogens with one attached hydrogen (secondary N) is 1. The average Bonchev–Trinajstić information content (AvgIpc) is 2.37. The minimum atomic E-state index is -0.595. The van der Waals surface area contributed by atoms with Gasteiger partial charge in [-0.3, -0.25) is 9.59 Å². The highest BCUT2D eigenvalue weighted by molar-refractivity contribution is 6.04. The largest absolute Gasteiger partial charge is 0.345 e. The normalized spacial score (nSPS) is 12.1.